The van der Waals surface area contributed by atoms with Crippen molar-refractivity contribution < 1.29 is 10.2 Å². The van der Waals surface area contributed by atoms with Crippen LogP contribution in [0.4, 0.5) is 5.69 Å². The van der Waals surface area contributed by atoms with E-state index in [1.165, 1.54) is 11.3 Å². The van der Waals surface area contributed by atoms with E-state index in [0.717, 1.165) is 19.4 Å². The van der Waals surface area contributed by atoms with Gasteiger partial charge in [-0.25, -0.2) is 0 Å². The normalized spacial score (nSPS) is 19.3. The molecule has 3 nitrogen and oxygen atoms in total. The Kier molecular flexibility index (Phi) is 2.82. The second-order valence-corrected chi connectivity index (χ2v) is 3.97. The zero-order chi connectivity index (χ0) is 10.8. The van der Waals surface area contributed by atoms with Crippen molar-refractivity contribution >= 4 is 5.69 Å². The molecule has 0 aliphatic carbocycles. The Hall–Kier alpha value is -1.22. The van der Waals surface area contributed by atoms with E-state index in [1.807, 2.05) is 12.1 Å². The third-order valence-corrected chi connectivity index (χ3v) is 3.07. The number of rotatable bonds is 3. The van der Waals surface area contributed by atoms with Gasteiger partial charge in [0, 0.05) is 24.9 Å². The Labute approximate surface area is 90.0 Å². The minimum absolute atomic E-state index is 0.223. The van der Waals surface area contributed by atoms with Gasteiger partial charge in [0.05, 0.1) is 0 Å². The van der Waals surface area contributed by atoms with Gasteiger partial charge in [-0.1, -0.05) is 0 Å². The predicted molar refractivity (Wildman–Crippen MR) is 60.3 cm³/mol. The molecule has 0 saturated heterocycles. The van der Waals surface area contributed by atoms with Crippen molar-refractivity contribution in [3.63, 3.8) is 0 Å². The fourth-order valence-corrected chi connectivity index (χ4v) is 2.41. The molecule has 1 aromatic carbocycles. The lowest BCUT2D eigenvalue weighted by Gasteiger charge is -2.25. The van der Waals surface area contributed by atoms with Gasteiger partial charge in [-0.05, 0) is 43.5 Å². The number of nitrogens with zero attached hydrogens (tertiary/aromatic N) is 1. The third-order valence-electron chi connectivity index (χ3n) is 3.07. The average molecular weight is 207 g/mol. The van der Waals surface area contributed by atoms with Crippen LogP contribution in [-0.4, -0.2) is 29.4 Å². The van der Waals surface area contributed by atoms with E-state index in [4.69, 9.17) is 5.11 Å². The number of aromatic hydroxyl groups is 1. The van der Waals surface area contributed by atoms with Gasteiger partial charge in [0.15, 0.2) is 0 Å². The summed E-state index contributed by atoms with van der Waals surface area (Å²) in [5.41, 5.74) is 2.39. The summed E-state index contributed by atoms with van der Waals surface area (Å²) in [5.74, 6) is 0.328. The van der Waals surface area contributed by atoms with E-state index >= 15 is 0 Å². The number of hydrogen-bond donors (Lipinski definition) is 2. The second kappa shape index (κ2) is 4.11. The summed E-state index contributed by atoms with van der Waals surface area (Å²) in [6, 6.07) is 5.90. The van der Waals surface area contributed by atoms with Crippen LogP contribution in [0.15, 0.2) is 18.2 Å². The predicted octanol–water partition coefficient (Wildman–Crippen LogP) is 1.53. The summed E-state index contributed by atoms with van der Waals surface area (Å²) in [4.78, 5) is 2.30. The molecule has 0 radical (unpaired) electrons. The van der Waals surface area contributed by atoms with Gasteiger partial charge < -0.3 is 15.1 Å². The molecule has 0 spiro atoms. The lowest BCUT2D eigenvalue weighted by atomic mass is 10.1. The number of hydrogen-bond acceptors (Lipinski definition) is 3. The fourth-order valence-electron chi connectivity index (χ4n) is 2.41. The maximum atomic E-state index is 9.40. The summed E-state index contributed by atoms with van der Waals surface area (Å²) in [6.45, 7) is 3.29. The molecule has 82 valence electrons. The Balaban J connectivity index is 2.28. The highest BCUT2D eigenvalue weighted by atomic mass is 16.3. The van der Waals surface area contributed by atoms with Crippen molar-refractivity contribution in [1.29, 1.82) is 0 Å². The van der Waals surface area contributed by atoms with Crippen molar-refractivity contribution in [2.45, 2.75) is 25.8 Å². The second-order valence-electron chi connectivity index (χ2n) is 3.97. The van der Waals surface area contributed by atoms with Crippen LogP contribution in [0.5, 0.6) is 5.75 Å². The number of aliphatic hydroxyl groups is 1. The molecule has 1 heterocycles. The van der Waals surface area contributed by atoms with Crippen molar-refractivity contribution in [3.8, 4) is 5.75 Å². The lowest BCUT2D eigenvalue weighted by molar-refractivity contribution is 0.274. The number of phenolic OH excluding ortho intramolecular Hbond substituents is 1. The summed E-state index contributed by atoms with van der Waals surface area (Å²) < 4.78 is 0. The molecule has 2 N–H and O–H groups in total. The first-order chi connectivity index (χ1) is 7.26. The van der Waals surface area contributed by atoms with Crippen LogP contribution in [0, 0.1) is 0 Å². The van der Waals surface area contributed by atoms with Crippen LogP contribution in [0.2, 0.25) is 0 Å². The molecule has 1 unspecified atom stereocenters. The van der Waals surface area contributed by atoms with E-state index in [9.17, 15) is 5.11 Å². The zero-order valence-electron chi connectivity index (χ0n) is 8.98. The number of phenols is 1. The third kappa shape index (κ3) is 1.79. The first-order valence-corrected chi connectivity index (χ1v) is 5.45. The van der Waals surface area contributed by atoms with Gasteiger partial charge in [0.1, 0.15) is 5.75 Å². The van der Waals surface area contributed by atoms with Gasteiger partial charge in [-0.2, -0.15) is 0 Å². The molecule has 0 fully saturated rings. The Morgan fingerprint density at radius 3 is 2.93 bits per heavy atom. The van der Waals surface area contributed by atoms with Crippen LogP contribution in [0.25, 0.3) is 0 Å². The first kappa shape index (κ1) is 10.3. The van der Waals surface area contributed by atoms with E-state index in [0.29, 0.717) is 11.8 Å². The van der Waals surface area contributed by atoms with Gasteiger partial charge in [-0.15, -0.1) is 0 Å². The number of fused-ring (bicyclic) bond motifs is 1. The van der Waals surface area contributed by atoms with Crippen molar-refractivity contribution in [1.82, 2.24) is 0 Å². The SMILES string of the molecule is CCN1c2ccc(O)cc2CC1CCO. The summed E-state index contributed by atoms with van der Waals surface area (Å²) in [7, 11) is 0. The topological polar surface area (TPSA) is 43.7 Å². The molecular weight excluding hydrogens is 190 g/mol. The zero-order valence-corrected chi connectivity index (χ0v) is 8.98. The van der Waals surface area contributed by atoms with Crippen LogP contribution >= 0.6 is 0 Å². The summed E-state index contributed by atoms with van der Waals surface area (Å²) in [6.07, 6.45) is 1.72. The number of likely N-dealkylation sites (N-methyl/N-ethyl adjacent to an activating group) is 1. The van der Waals surface area contributed by atoms with Crippen LogP contribution in [-0.2, 0) is 6.42 Å². The molecule has 3 heteroatoms. The molecule has 1 atom stereocenters. The van der Waals surface area contributed by atoms with E-state index in [2.05, 4.69) is 11.8 Å². The van der Waals surface area contributed by atoms with Gasteiger partial charge >= 0.3 is 0 Å². The fraction of sp³-hybridized carbons (Fsp3) is 0.500. The van der Waals surface area contributed by atoms with Crippen molar-refractivity contribution in [3.05, 3.63) is 23.8 Å². The molecule has 0 saturated carbocycles. The molecule has 0 bridgehead atoms. The van der Waals surface area contributed by atoms with E-state index < -0.39 is 0 Å². The van der Waals surface area contributed by atoms with E-state index in [1.54, 1.807) is 6.07 Å². The Morgan fingerprint density at radius 1 is 1.47 bits per heavy atom. The maximum Gasteiger partial charge on any atom is 0.116 e. The molecule has 0 amide bonds. The highest BCUT2D eigenvalue weighted by molar-refractivity contribution is 5.61. The summed E-state index contributed by atoms with van der Waals surface area (Å²) >= 11 is 0. The molecule has 1 aliphatic heterocycles. The molecule has 1 aliphatic rings. The largest absolute Gasteiger partial charge is 0.508 e. The smallest absolute Gasteiger partial charge is 0.116 e. The van der Waals surface area contributed by atoms with Gasteiger partial charge in [0.2, 0.25) is 0 Å². The minimum atomic E-state index is 0.223. The van der Waals surface area contributed by atoms with Crippen LogP contribution in [0.3, 0.4) is 0 Å². The number of benzene rings is 1. The number of aliphatic hydroxyl groups excluding tert-OH is 1. The quantitative estimate of drug-likeness (QED) is 0.790. The minimum Gasteiger partial charge on any atom is -0.508 e. The highest BCUT2D eigenvalue weighted by Crippen LogP contribution is 2.35. The van der Waals surface area contributed by atoms with Crippen LogP contribution in [0.1, 0.15) is 18.9 Å². The monoisotopic (exact) mass is 207 g/mol. The highest BCUT2D eigenvalue weighted by Gasteiger charge is 2.27. The number of anilines is 1. The van der Waals surface area contributed by atoms with Crippen molar-refractivity contribution in [2.75, 3.05) is 18.1 Å². The lowest BCUT2D eigenvalue weighted by Crippen LogP contribution is -2.32. The molecule has 1 aromatic rings. The molecular formula is C12H17NO2. The average Bonchev–Trinajstić information content (AvgIpc) is 2.54. The van der Waals surface area contributed by atoms with E-state index in [-0.39, 0.29) is 6.61 Å². The molecule has 15 heavy (non-hydrogen) atoms. The van der Waals surface area contributed by atoms with Gasteiger partial charge in [-0.3, -0.25) is 0 Å². The maximum absolute atomic E-state index is 9.40. The Bertz CT molecular complexity index is 351. The molecule has 2 rings (SSSR count). The Morgan fingerprint density at radius 2 is 2.27 bits per heavy atom. The standard InChI is InChI=1S/C12H17NO2/c1-2-13-10(5-6-14)7-9-8-11(15)3-4-12(9)13/h3-4,8,10,14-15H,2,5-7H2,1H3. The van der Waals surface area contributed by atoms with Crippen LogP contribution < -0.4 is 4.90 Å². The van der Waals surface area contributed by atoms with Gasteiger partial charge in [0.25, 0.3) is 0 Å². The molecule has 0 aromatic heterocycles. The van der Waals surface area contributed by atoms with Crippen molar-refractivity contribution in [2.24, 2.45) is 0 Å². The first-order valence-electron chi connectivity index (χ1n) is 5.45. The summed E-state index contributed by atoms with van der Waals surface area (Å²) in [5, 5.41) is 18.4.